The van der Waals surface area contributed by atoms with Crippen LogP contribution in [0.1, 0.15) is 49.7 Å². The molecule has 1 heterocycles. The molecule has 0 spiro atoms. The molecule has 0 saturated carbocycles. The van der Waals surface area contributed by atoms with Crippen molar-refractivity contribution in [1.29, 1.82) is 0 Å². The number of aromatic nitrogens is 2. The Morgan fingerprint density at radius 3 is 2.48 bits per heavy atom. The molecule has 0 aliphatic carbocycles. The van der Waals surface area contributed by atoms with Crippen molar-refractivity contribution in [2.75, 3.05) is 0 Å². The van der Waals surface area contributed by atoms with E-state index in [1.807, 2.05) is 51.1 Å². The van der Waals surface area contributed by atoms with E-state index < -0.39 is 17.9 Å². The Labute approximate surface area is 147 Å². The molecule has 1 atom stereocenters. The van der Waals surface area contributed by atoms with Crippen LogP contribution in [0.5, 0.6) is 0 Å². The maximum absolute atomic E-state index is 12.7. The smallest absolute Gasteiger partial charge is 0.326 e. The Morgan fingerprint density at radius 2 is 1.92 bits per heavy atom. The van der Waals surface area contributed by atoms with E-state index in [0.717, 1.165) is 17.8 Å². The number of nitrogens with zero attached hydrogens (tertiary/aromatic N) is 2. The number of carbonyl (C=O) groups excluding carboxylic acids is 1. The van der Waals surface area contributed by atoms with Crippen LogP contribution in [0.3, 0.4) is 0 Å². The lowest BCUT2D eigenvalue weighted by Gasteiger charge is -2.16. The number of carboxylic acids is 1. The Morgan fingerprint density at radius 1 is 1.24 bits per heavy atom. The summed E-state index contributed by atoms with van der Waals surface area (Å²) in [4.78, 5) is 24.1. The van der Waals surface area contributed by atoms with Gasteiger partial charge in [0, 0.05) is 0 Å². The fourth-order valence-electron chi connectivity index (χ4n) is 2.76. The van der Waals surface area contributed by atoms with Crippen molar-refractivity contribution in [1.82, 2.24) is 15.1 Å². The molecule has 2 rings (SSSR count). The van der Waals surface area contributed by atoms with Crippen LogP contribution in [-0.2, 0) is 11.2 Å². The molecule has 1 aromatic heterocycles. The number of hydrogen-bond acceptors (Lipinski definition) is 3. The third-order valence-corrected chi connectivity index (χ3v) is 3.91. The molecule has 0 bridgehead atoms. The van der Waals surface area contributed by atoms with Crippen molar-refractivity contribution in [3.63, 3.8) is 0 Å². The van der Waals surface area contributed by atoms with Gasteiger partial charge in [0.1, 0.15) is 6.04 Å². The Balaban J connectivity index is 2.30. The summed E-state index contributed by atoms with van der Waals surface area (Å²) in [7, 11) is 0. The van der Waals surface area contributed by atoms with Crippen molar-refractivity contribution >= 4 is 11.9 Å². The lowest BCUT2D eigenvalue weighted by molar-refractivity contribution is -0.139. The van der Waals surface area contributed by atoms with Crippen LogP contribution in [0.4, 0.5) is 0 Å². The SMILES string of the molecule is CCCc1c(C(=O)N[C@H](CC(C)C)C(=O)O)cnn1-c1ccccc1. The van der Waals surface area contributed by atoms with Gasteiger partial charge in [-0.25, -0.2) is 9.48 Å². The fourth-order valence-corrected chi connectivity index (χ4v) is 2.76. The van der Waals surface area contributed by atoms with Crippen molar-refractivity contribution in [2.24, 2.45) is 5.92 Å². The minimum absolute atomic E-state index is 0.170. The highest BCUT2D eigenvalue weighted by atomic mass is 16.4. The van der Waals surface area contributed by atoms with E-state index in [9.17, 15) is 14.7 Å². The zero-order valence-corrected chi connectivity index (χ0v) is 14.9. The van der Waals surface area contributed by atoms with E-state index in [2.05, 4.69) is 10.4 Å². The van der Waals surface area contributed by atoms with E-state index in [-0.39, 0.29) is 5.92 Å². The first-order valence-electron chi connectivity index (χ1n) is 8.60. The van der Waals surface area contributed by atoms with E-state index in [1.54, 1.807) is 4.68 Å². The molecule has 0 fully saturated rings. The van der Waals surface area contributed by atoms with Crippen molar-refractivity contribution in [3.8, 4) is 5.69 Å². The van der Waals surface area contributed by atoms with Gasteiger partial charge in [0.15, 0.2) is 0 Å². The summed E-state index contributed by atoms with van der Waals surface area (Å²) >= 11 is 0. The number of nitrogens with one attached hydrogen (secondary N) is 1. The Bertz CT molecular complexity index is 723. The molecule has 6 heteroatoms. The number of rotatable bonds is 8. The molecule has 0 aliphatic rings. The molecule has 0 radical (unpaired) electrons. The number of carbonyl (C=O) groups is 2. The molecule has 134 valence electrons. The lowest BCUT2D eigenvalue weighted by atomic mass is 10.0. The van der Waals surface area contributed by atoms with Gasteiger partial charge in [-0.05, 0) is 30.9 Å². The van der Waals surface area contributed by atoms with E-state index in [0.29, 0.717) is 18.4 Å². The molecule has 2 N–H and O–H groups in total. The second-order valence-corrected chi connectivity index (χ2v) is 6.50. The van der Waals surface area contributed by atoms with E-state index in [4.69, 9.17) is 0 Å². The first-order chi connectivity index (χ1) is 11.9. The van der Waals surface area contributed by atoms with Crippen LogP contribution in [0.15, 0.2) is 36.5 Å². The van der Waals surface area contributed by atoms with Gasteiger partial charge < -0.3 is 10.4 Å². The summed E-state index contributed by atoms with van der Waals surface area (Å²) < 4.78 is 1.75. The van der Waals surface area contributed by atoms with Crippen molar-refractivity contribution in [2.45, 2.75) is 46.1 Å². The maximum atomic E-state index is 12.7. The Kier molecular flexibility index (Phi) is 6.33. The second kappa shape index (κ2) is 8.46. The van der Waals surface area contributed by atoms with Gasteiger partial charge >= 0.3 is 5.97 Å². The highest BCUT2D eigenvalue weighted by Gasteiger charge is 2.24. The number of aliphatic carboxylic acids is 1. The summed E-state index contributed by atoms with van der Waals surface area (Å²) in [6, 6.07) is 8.69. The molecule has 1 aromatic carbocycles. The van der Waals surface area contributed by atoms with Crippen LogP contribution in [0.2, 0.25) is 0 Å². The molecule has 6 nitrogen and oxygen atoms in total. The van der Waals surface area contributed by atoms with E-state index >= 15 is 0 Å². The molecule has 0 unspecified atom stereocenters. The van der Waals surface area contributed by atoms with Crippen LogP contribution in [0, 0.1) is 5.92 Å². The standard InChI is InChI=1S/C19H25N3O3/c1-4-8-17-15(12-20-22(17)14-9-6-5-7-10-14)18(23)21-16(19(24)25)11-13(2)3/h5-7,9-10,12-13,16H,4,8,11H2,1-3H3,(H,21,23)(H,24,25)/t16-/m1/s1. The predicted molar refractivity (Wildman–Crippen MR) is 95.9 cm³/mol. The summed E-state index contributed by atoms with van der Waals surface area (Å²) in [6.07, 6.45) is 3.44. The zero-order chi connectivity index (χ0) is 18.4. The maximum Gasteiger partial charge on any atom is 0.326 e. The summed E-state index contributed by atoms with van der Waals surface area (Å²) in [5.74, 6) is -1.24. The fraction of sp³-hybridized carbons (Fsp3) is 0.421. The minimum atomic E-state index is -1.02. The molecule has 2 aromatic rings. The quantitative estimate of drug-likeness (QED) is 0.771. The summed E-state index contributed by atoms with van der Waals surface area (Å²) in [5.41, 5.74) is 2.10. The molecule has 0 saturated heterocycles. The van der Waals surface area contributed by atoms with Crippen LogP contribution < -0.4 is 5.32 Å². The van der Waals surface area contributed by atoms with Gasteiger partial charge in [0.2, 0.25) is 0 Å². The van der Waals surface area contributed by atoms with Gasteiger partial charge in [0.25, 0.3) is 5.91 Å². The Hall–Kier alpha value is -2.63. The molecular formula is C19H25N3O3. The average Bonchev–Trinajstić information content (AvgIpc) is 2.98. The van der Waals surface area contributed by atoms with Crippen LogP contribution in [-0.4, -0.2) is 32.8 Å². The topological polar surface area (TPSA) is 84.2 Å². The minimum Gasteiger partial charge on any atom is -0.480 e. The molecule has 1 amide bonds. The molecule has 25 heavy (non-hydrogen) atoms. The van der Waals surface area contributed by atoms with Gasteiger partial charge in [-0.15, -0.1) is 0 Å². The van der Waals surface area contributed by atoms with Gasteiger partial charge in [-0.3, -0.25) is 4.79 Å². The normalized spacial score (nSPS) is 12.2. The van der Waals surface area contributed by atoms with Crippen LogP contribution in [0.25, 0.3) is 5.69 Å². The average molecular weight is 343 g/mol. The van der Waals surface area contributed by atoms with Gasteiger partial charge in [0.05, 0.1) is 23.1 Å². The van der Waals surface area contributed by atoms with Crippen molar-refractivity contribution < 1.29 is 14.7 Å². The monoisotopic (exact) mass is 343 g/mol. The van der Waals surface area contributed by atoms with Crippen LogP contribution >= 0.6 is 0 Å². The number of benzene rings is 1. The first-order valence-corrected chi connectivity index (χ1v) is 8.60. The number of hydrogen-bond donors (Lipinski definition) is 2. The highest BCUT2D eigenvalue weighted by molar-refractivity contribution is 5.97. The summed E-state index contributed by atoms with van der Waals surface area (Å²) in [6.45, 7) is 5.89. The number of amides is 1. The lowest BCUT2D eigenvalue weighted by Crippen LogP contribution is -2.41. The van der Waals surface area contributed by atoms with Gasteiger partial charge in [-0.1, -0.05) is 45.4 Å². The van der Waals surface area contributed by atoms with E-state index in [1.165, 1.54) is 6.20 Å². The second-order valence-electron chi connectivity index (χ2n) is 6.50. The molecular weight excluding hydrogens is 318 g/mol. The van der Waals surface area contributed by atoms with Gasteiger partial charge in [-0.2, -0.15) is 5.10 Å². The largest absolute Gasteiger partial charge is 0.480 e. The highest BCUT2D eigenvalue weighted by Crippen LogP contribution is 2.17. The zero-order valence-electron chi connectivity index (χ0n) is 14.9. The first kappa shape index (κ1) is 18.7. The third-order valence-electron chi connectivity index (χ3n) is 3.91. The predicted octanol–water partition coefficient (Wildman–Crippen LogP) is 3.05. The van der Waals surface area contributed by atoms with Crippen molar-refractivity contribution in [3.05, 3.63) is 47.8 Å². The summed E-state index contributed by atoms with van der Waals surface area (Å²) in [5, 5.41) is 16.3. The third kappa shape index (κ3) is 4.68. The number of carboxylic acid groups (broad SMARTS) is 1. The molecule has 0 aliphatic heterocycles. The number of para-hydroxylation sites is 1.